The zero-order chi connectivity index (χ0) is 34.1. The van der Waals surface area contributed by atoms with E-state index in [1.54, 1.807) is 6.92 Å². The molecule has 0 radical (unpaired) electrons. The molecule has 46 heavy (non-hydrogen) atoms. The van der Waals surface area contributed by atoms with Crippen molar-refractivity contribution in [1.29, 1.82) is 0 Å². The van der Waals surface area contributed by atoms with Crippen LogP contribution in [0.3, 0.4) is 0 Å². The molecule has 2 saturated heterocycles. The number of hydrogen-bond acceptors (Lipinski definition) is 8. The lowest BCUT2D eigenvalue weighted by Crippen LogP contribution is -2.58. The van der Waals surface area contributed by atoms with Crippen LogP contribution in [0, 0.1) is 23.7 Å². The first kappa shape index (κ1) is 38.8. The minimum absolute atomic E-state index is 0.0385. The fourth-order valence-electron chi connectivity index (χ4n) is 9.04. The van der Waals surface area contributed by atoms with Gasteiger partial charge in [0, 0.05) is 38.5 Å². The highest BCUT2D eigenvalue weighted by Crippen LogP contribution is 2.58. The summed E-state index contributed by atoms with van der Waals surface area (Å²) in [5.41, 5.74) is -3.19. The Morgan fingerprint density at radius 2 is 1.33 bits per heavy atom. The first-order valence-corrected chi connectivity index (χ1v) is 18.6. The van der Waals surface area contributed by atoms with E-state index in [0.717, 1.165) is 25.7 Å². The molecule has 1 aliphatic carbocycles. The van der Waals surface area contributed by atoms with Crippen LogP contribution in [0.15, 0.2) is 0 Å². The molecule has 0 aromatic carbocycles. The summed E-state index contributed by atoms with van der Waals surface area (Å²) in [6.07, 6.45) is 14.3. The highest BCUT2D eigenvalue weighted by Gasteiger charge is 2.65. The zero-order valence-electron chi connectivity index (χ0n) is 30.4. The van der Waals surface area contributed by atoms with Gasteiger partial charge < -0.3 is 24.1 Å². The second kappa shape index (κ2) is 17.1. The summed E-state index contributed by atoms with van der Waals surface area (Å²) < 4.78 is 25.1. The van der Waals surface area contributed by atoms with Gasteiger partial charge in [0.25, 0.3) is 0 Å². The highest BCUT2D eigenvalue weighted by molar-refractivity contribution is 5.69. The Kier molecular flexibility index (Phi) is 14.4. The molecule has 1 N–H and O–H groups in total. The van der Waals surface area contributed by atoms with E-state index in [2.05, 4.69) is 20.8 Å². The molecule has 0 aromatic heterocycles. The molecule has 0 aromatic rings. The third-order valence-electron chi connectivity index (χ3n) is 11.3. The maximum atomic E-state index is 13.1. The van der Waals surface area contributed by atoms with Crippen molar-refractivity contribution in [3.05, 3.63) is 0 Å². The summed E-state index contributed by atoms with van der Waals surface area (Å²) >= 11 is 0. The molecule has 266 valence electrons. The van der Waals surface area contributed by atoms with Crippen LogP contribution in [0.25, 0.3) is 0 Å². The molecular formula is C38H66O8. The lowest BCUT2D eigenvalue weighted by molar-refractivity contribution is -0.185. The molecule has 3 fully saturated rings. The van der Waals surface area contributed by atoms with Crippen molar-refractivity contribution in [3.8, 4) is 0 Å². The second-order valence-electron chi connectivity index (χ2n) is 15.8. The lowest BCUT2D eigenvalue weighted by Gasteiger charge is -2.51. The van der Waals surface area contributed by atoms with Gasteiger partial charge in [-0.15, -0.1) is 0 Å². The number of esters is 3. The number of rotatable bonds is 16. The summed E-state index contributed by atoms with van der Waals surface area (Å²) in [6, 6.07) is 0. The normalized spacial score (nSPS) is 35.9. The summed E-state index contributed by atoms with van der Waals surface area (Å²) in [6.45, 7) is 15.1. The Morgan fingerprint density at radius 3 is 1.87 bits per heavy atom. The SMILES string of the molecule is CCCCCCCCCCCCCC(=O)O[C@@H]1CC[C@](C)(OC(C)=O)[C@H]2O[C@@H](C[C@@]1(C)O)[C@H]1[C@@H]2[C@H](C(C)C)CC[C@]1(C)OC(C)=O. The number of hydrogen-bond donors (Lipinski definition) is 1. The van der Waals surface area contributed by atoms with Crippen molar-refractivity contribution in [1.82, 2.24) is 0 Å². The summed E-state index contributed by atoms with van der Waals surface area (Å²) in [5, 5.41) is 12.0. The first-order valence-electron chi connectivity index (χ1n) is 18.6. The smallest absolute Gasteiger partial charge is 0.306 e. The Morgan fingerprint density at radius 1 is 0.804 bits per heavy atom. The van der Waals surface area contributed by atoms with E-state index in [1.165, 1.54) is 65.2 Å². The van der Waals surface area contributed by atoms with E-state index < -0.39 is 41.1 Å². The van der Waals surface area contributed by atoms with Crippen molar-refractivity contribution in [2.24, 2.45) is 23.7 Å². The van der Waals surface area contributed by atoms with E-state index >= 15 is 0 Å². The van der Waals surface area contributed by atoms with Gasteiger partial charge in [-0.2, -0.15) is 0 Å². The fourth-order valence-corrected chi connectivity index (χ4v) is 9.04. The molecule has 0 spiro atoms. The van der Waals surface area contributed by atoms with E-state index in [-0.39, 0.29) is 36.1 Å². The highest BCUT2D eigenvalue weighted by atomic mass is 16.6. The summed E-state index contributed by atoms with van der Waals surface area (Å²) in [7, 11) is 0. The van der Waals surface area contributed by atoms with Crippen molar-refractivity contribution >= 4 is 17.9 Å². The number of carbonyl (C=O) groups excluding carboxylic acids is 3. The second-order valence-corrected chi connectivity index (χ2v) is 15.8. The maximum Gasteiger partial charge on any atom is 0.306 e. The van der Waals surface area contributed by atoms with Crippen molar-refractivity contribution in [2.45, 2.75) is 200 Å². The van der Waals surface area contributed by atoms with Crippen LogP contribution in [0.4, 0.5) is 0 Å². The number of unbranched alkanes of at least 4 members (excludes halogenated alkanes) is 10. The van der Waals surface area contributed by atoms with Crippen LogP contribution < -0.4 is 0 Å². The molecule has 0 amide bonds. The number of carbonyl (C=O) groups is 3. The van der Waals surface area contributed by atoms with Gasteiger partial charge in [0.15, 0.2) is 0 Å². The Balaban J connectivity index is 1.71. The average Bonchev–Trinajstić information content (AvgIpc) is 3.34. The van der Waals surface area contributed by atoms with Crippen molar-refractivity contribution in [2.75, 3.05) is 0 Å². The van der Waals surface area contributed by atoms with Crippen LogP contribution in [-0.2, 0) is 33.3 Å². The third-order valence-corrected chi connectivity index (χ3v) is 11.3. The largest absolute Gasteiger partial charge is 0.459 e. The summed E-state index contributed by atoms with van der Waals surface area (Å²) in [5.74, 6) is -0.695. The molecular weight excluding hydrogens is 584 g/mol. The minimum atomic E-state index is -1.39. The number of ether oxygens (including phenoxy) is 4. The first-order chi connectivity index (χ1) is 21.6. The zero-order valence-corrected chi connectivity index (χ0v) is 30.4. The third kappa shape index (κ3) is 10.2. The van der Waals surface area contributed by atoms with Crippen LogP contribution in [0.1, 0.15) is 165 Å². The van der Waals surface area contributed by atoms with E-state index in [4.69, 9.17) is 18.9 Å². The molecule has 3 aliphatic rings. The molecule has 9 atom stereocenters. The van der Waals surface area contributed by atoms with Gasteiger partial charge in [0.05, 0.1) is 6.10 Å². The average molecular weight is 651 g/mol. The van der Waals surface area contributed by atoms with Gasteiger partial charge in [-0.05, 0) is 64.7 Å². The molecule has 1 saturated carbocycles. The van der Waals surface area contributed by atoms with Crippen LogP contribution >= 0.6 is 0 Å². The Bertz CT molecular complexity index is 993. The number of fused-ring (bicyclic) bond motifs is 5. The summed E-state index contributed by atoms with van der Waals surface area (Å²) in [4.78, 5) is 38.0. The van der Waals surface area contributed by atoms with Crippen LogP contribution in [0.2, 0.25) is 0 Å². The van der Waals surface area contributed by atoms with Crippen LogP contribution in [-0.4, -0.2) is 58.1 Å². The Hall–Kier alpha value is -1.67. The van der Waals surface area contributed by atoms with Gasteiger partial charge in [0.1, 0.15) is 29.0 Å². The van der Waals surface area contributed by atoms with Gasteiger partial charge in [-0.1, -0.05) is 85.0 Å². The Labute approximate surface area is 279 Å². The predicted molar refractivity (Wildman–Crippen MR) is 179 cm³/mol. The maximum absolute atomic E-state index is 13.1. The number of aliphatic hydroxyl groups is 1. The molecule has 8 heteroatoms. The minimum Gasteiger partial charge on any atom is -0.459 e. The molecule has 8 nitrogen and oxygen atoms in total. The predicted octanol–water partition coefficient (Wildman–Crippen LogP) is 8.24. The quantitative estimate of drug-likeness (QED) is 0.101. The standard InChI is InChI=1S/C38H66O8/c1-9-10-11-12-13-14-15-16-17-18-19-20-32(41)44-31-22-24-38(8,46-28(5)40)35-33-29(26(2)3)21-23-37(7,45-27(4)39)34(33)30(43-35)25-36(31,6)42/h26,29-31,33-35,42H,9-25H2,1-8H3/t29-,30-,31+,33-,34-,35-,36+,37-,38-/m0/s1. The molecule has 2 heterocycles. The molecule has 3 rings (SSSR count). The fraction of sp³-hybridized carbons (Fsp3) is 0.921. The van der Waals surface area contributed by atoms with Gasteiger partial charge >= 0.3 is 17.9 Å². The molecule has 0 unspecified atom stereocenters. The topological polar surface area (TPSA) is 108 Å². The van der Waals surface area contributed by atoms with Crippen LogP contribution in [0.5, 0.6) is 0 Å². The monoisotopic (exact) mass is 650 g/mol. The molecule has 2 aliphatic heterocycles. The van der Waals surface area contributed by atoms with Crippen molar-refractivity contribution < 1.29 is 38.4 Å². The van der Waals surface area contributed by atoms with E-state index in [0.29, 0.717) is 31.6 Å². The van der Waals surface area contributed by atoms with Crippen molar-refractivity contribution in [3.63, 3.8) is 0 Å². The van der Waals surface area contributed by atoms with Gasteiger partial charge in [0.2, 0.25) is 0 Å². The van der Waals surface area contributed by atoms with E-state index in [9.17, 15) is 19.5 Å². The van der Waals surface area contributed by atoms with E-state index in [1.807, 2.05) is 13.8 Å². The van der Waals surface area contributed by atoms with Gasteiger partial charge in [-0.3, -0.25) is 14.4 Å². The molecule has 2 bridgehead atoms. The van der Waals surface area contributed by atoms with Gasteiger partial charge in [-0.25, -0.2) is 0 Å². The lowest BCUT2D eigenvalue weighted by atomic mass is 9.57.